The van der Waals surface area contributed by atoms with Crippen molar-refractivity contribution in [2.45, 2.75) is 32.9 Å². The SMILES string of the molecule is Cc1oc(CN)cc1CN1CCN(CC2CC2)CC1. The van der Waals surface area contributed by atoms with Crippen molar-refractivity contribution in [2.75, 3.05) is 32.7 Å². The van der Waals surface area contributed by atoms with Crippen molar-refractivity contribution in [1.82, 2.24) is 9.80 Å². The highest BCUT2D eigenvalue weighted by molar-refractivity contribution is 5.20. The number of nitrogens with two attached hydrogens (primary N) is 1. The van der Waals surface area contributed by atoms with Crippen molar-refractivity contribution < 1.29 is 4.42 Å². The molecule has 4 nitrogen and oxygen atoms in total. The molecule has 4 heteroatoms. The number of piperazine rings is 1. The molecule has 1 aliphatic carbocycles. The van der Waals surface area contributed by atoms with Crippen LogP contribution in [0.2, 0.25) is 0 Å². The van der Waals surface area contributed by atoms with Gasteiger partial charge >= 0.3 is 0 Å². The molecule has 0 atom stereocenters. The van der Waals surface area contributed by atoms with E-state index < -0.39 is 0 Å². The zero-order valence-corrected chi connectivity index (χ0v) is 11.9. The number of rotatable bonds is 5. The third-order valence-electron chi connectivity index (χ3n) is 4.34. The summed E-state index contributed by atoms with van der Waals surface area (Å²) in [5.41, 5.74) is 6.92. The van der Waals surface area contributed by atoms with Gasteiger partial charge < -0.3 is 15.1 Å². The largest absolute Gasteiger partial charge is 0.465 e. The first-order valence-corrected chi connectivity index (χ1v) is 7.47. The van der Waals surface area contributed by atoms with Crippen LogP contribution in [0.4, 0.5) is 0 Å². The fraction of sp³-hybridized carbons (Fsp3) is 0.733. The first kappa shape index (κ1) is 13.2. The van der Waals surface area contributed by atoms with Gasteiger partial charge in [-0.1, -0.05) is 0 Å². The Bertz CT molecular complexity index is 417. The van der Waals surface area contributed by atoms with Gasteiger partial charge in [0.1, 0.15) is 11.5 Å². The van der Waals surface area contributed by atoms with Crippen LogP contribution in [0.1, 0.15) is 29.9 Å². The molecule has 0 radical (unpaired) electrons. The van der Waals surface area contributed by atoms with E-state index in [1.807, 2.05) is 6.92 Å². The summed E-state index contributed by atoms with van der Waals surface area (Å²) in [4.78, 5) is 5.16. The van der Waals surface area contributed by atoms with E-state index in [2.05, 4.69) is 15.9 Å². The molecule has 0 amide bonds. The number of furan rings is 1. The molecule has 2 heterocycles. The van der Waals surface area contributed by atoms with Crippen LogP contribution >= 0.6 is 0 Å². The summed E-state index contributed by atoms with van der Waals surface area (Å²) in [5.74, 6) is 2.94. The van der Waals surface area contributed by atoms with Crippen molar-refractivity contribution in [3.05, 3.63) is 23.2 Å². The first-order chi connectivity index (χ1) is 9.24. The topological polar surface area (TPSA) is 45.6 Å². The standard InChI is InChI=1S/C15H25N3O/c1-12-14(8-15(9-16)19-12)11-18-6-4-17(5-7-18)10-13-2-3-13/h8,13H,2-7,9-11,16H2,1H3. The highest BCUT2D eigenvalue weighted by atomic mass is 16.3. The Labute approximate surface area is 115 Å². The smallest absolute Gasteiger partial charge is 0.118 e. The molecule has 1 aliphatic heterocycles. The average molecular weight is 263 g/mol. The molecule has 19 heavy (non-hydrogen) atoms. The normalized spacial score (nSPS) is 22.0. The molecule has 0 spiro atoms. The van der Waals surface area contributed by atoms with Crippen molar-refractivity contribution in [3.63, 3.8) is 0 Å². The van der Waals surface area contributed by atoms with Crippen LogP contribution in [-0.2, 0) is 13.1 Å². The number of hydrogen-bond donors (Lipinski definition) is 1. The third-order valence-corrected chi connectivity index (χ3v) is 4.34. The van der Waals surface area contributed by atoms with Crippen LogP contribution < -0.4 is 5.73 Å². The van der Waals surface area contributed by atoms with E-state index in [0.717, 1.165) is 24.0 Å². The van der Waals surface area contributed by atoms with Gasteiger partial charge in [0.05, 0.1) is 6.54 Å². The Morgan fingerprint density at radius 3 is 2.47 bits per heavy atom. The van der Waals surface area contributed by atoms with Gasteiger partial charge in [-0.2, -0.15) is 0 Å². The minimum atomic E-state index is 0.496. The van der Waals surface area contributed by atoms with E-state index in [9.17, 15) is 0 Å². The molecule has 2 N–H and O–H groups in total. The van der Waals surface area contributed by atoms with Crippen molar-refractivity contribution >= 4 is 0 Å². The Balaban J connectivity index is 1.49. The Hall–Kier alpha value is -0.840. The second-order valence-corrected chi connectivity index (χ2v) is 6.02. The Morgan fingerprint density at radius 2 is 1.89 bits per heavy atom. The second kappa shape index (κ2) is 5.65. The van der Waals surface area contributed by atoms with Crippen LogP contribution in [0.25, 0.3) is 0 Å². The van der Waals surface area contributed by atoms with Crippen LogP contribution in [0.5, 0.6) is 0 Å². The minimum Gasteiger partial charge on any atom is -0.465 e. The molecule has 1 aromatic rings. The molecule has 1 aromatic heterocycles. The van der Waals surface area contributed by atoms with Crippen LogP contribution in [0.15, 0.2) is 10.5 Å². The molecule has 2 aliphatic rings. The lowest BCUT2D eigenvalue weighted by molar-refractivity contribution is 0.123. The molecule has 1 saturated heterocycles. The Kier molecular flexibility index (Phi) is 3.91. The maximum absolute atomic E-state index is 5.63. The zero-order valence-electron chi connectivity index (χ0n) is 11.9. The molecule has 2 fully saturated rings. The van der Waals surface area contributed by atoms with E-state index in [-0.39, 0.29) is 0 Å². The fourth-order valence-electron chi connectivity index (χ4n) is 2.88. The van der Waals surface area contributed by atoms with Gasteiger partial charge in [-0.3, -0.25) is 4.90 Å². The monoisotopic (exact) mass is 263 g/mol. The van der Waals surface area contributed by atoms with Gasteiger partial charge in [0.2, 0.25) is 0 Å². The molecule has 0 bridgehead atoms. The van der Waals surface area contributed by atoms with E-state index >= 15 is 0 Å². The Morgan fingerprint density at radius 1 is 1.21 bits per heavy atom. The van der Waals surface area contributed by atoms with Gasteiger partial charge in [0.25, 0.3) is 0 Å². The van der Waals surface area contributed by atoms with Crippen LogP contribution in [-0.4, -0.2) is 42.5 Å². The maximum atomic E-state index is 5.63. The molecular weight excluding hydrogens is 238 g/mol. The van der Waals surface area contributed by atoms with Gasteiger partial charge in [0, 0.05) is 44.8 Å². The third kappa shape index (κ3) is 3.38. The molecule has 1 saturated carbocycles. The summed E-state index contributed by atoms with van der Waals surface area (Å²) in [7, 11) is 0. The molecule has 0 aromatic carbocycles. The lowest BCUT2D eigenvalue weighted by atomic mass is 10.2. The molecule has 3 rings (SSSR count). The molecule has 0 unspecified atom stereocenters. The summed E-state index contributed by atoms with van der Waals surface area (Å²) in [6.45, 7) is 9.66. The first-order valence-electron chi connectivity index (χ1n) is 7.47. The quantitative estimate of drug-likeness (QED) is 0.876. The average Bonchev–Trinajstić information content (AvgIpc) is 3.16. The van der Waals surface area contributed by atoms with Crippen LogP contribution in [0.3, 0.4) is 0 Å². The zero-order chi connectivity index (χ0) is 13.2. The fourth-order valence-corrected chi connectivity index (χ4v) is 2.88. The highest BCUT2D eigenvalue weighted by Gasteiger charge is 2.26. The second-order valence-electron chi connectivity index (χ2n) is 6.02. The van der Waals surface area contributed by atoms with Crippen LogP contribution in [0, 0.1) is 12.8 Å². The van der Waals surface area contributed by atoms with Crippen molar-refractivity contribution in [1.29, 1.82) is 0 Å². The maximum Gasteiger partial charge on any atom is 0.118 e. The van der Waals surface area contributed by atoms with Crippen molar-refractivity contribution in [2.24, 2.45) is 11.7 Å². The molecule has 106 valence electrons. The van der Waals surface area contributed by atoms with E-state index in [1.165, 1.54) is 51.1 Å². The van der Waals surface area contributed by atoms with Gasteiger partial charge in [-0.15, -0.1) is 0 Å². The summed E-state index contributed by atoms with van der Waals surface area (Å²) >= 11 is 0. The predicted molar refractivity (Wildman–Crippen MR) is 75.8 cm³/mol. The lowest BCUT2D eigenvalue weighted by Crippen LogP contribution is -2.46. The van der Waals surface area contributed by atoms with E-state index in [0.29, 0.717) is 6.54 Å². The number of hydrogen-bond acceptors (Lipinski definition) is 4. The molecular formula is C15H25N3O. The highest BCUT2D eigenvalue weighted by Crippen LogP contribution is 2.30. The van der Waals surface area contributed by atoms with Gasteiger partial charge in [-0.05, 0) is 31.7 Å². The number of nitrogens with zero attached hydrogens (tertiary/aromatic N) is 2. The summed E-state index contributed by atoms with van der Waals surface area (Å²) < 4.78 is 5.63. The summed E-state index contributed by atoms with van der Waals surface area (Å²) in [5, 5.41) is 0. The predicted octanol–water partition coefficient (Wildman–Crippen LogP) is 1.57. The summed E-state index contributed by atoms with van der Waals surface area (Å²) in [6, 6.07) is 2.12. The summed E-state index contributed by atoms with van der Waals surface area (Å²) in [6.07, 6.45) is 2.91. The van der Waals surface area contributed by atoms with E-state index in [1.54, 1.807) is 0 Å². The minimum absolute atomic E-state index is 0.496. The lowest BCUT2D eigenvalue weighted by Gasteiger charge is -2.34. The van der Waals surface area contributed by atoms with E-state index in [4.69, 9.17) is 10.2 Å². The van der Waals surface area contributed by atoms with Gasteiger partial charge in [0.15, 0.2) is 0 Å². The number of aryl methyl sites for hydroxylation is 1. The van der Waals surface area contributed by atoms with Crippen molar-refractivity contribution in [3.8, 4) is 0 Å². The van der Waals surface area contributed by atoms with Gasteiger partial charge in [-0.25, -0.2) is 0 Å².